The molecular formula is C11H16N2O2S. The molecule has 0 radical (unpaired) electrons. The predicted molar refractivity (Wildman–Crippen MR) is 63.6 cm³/mol. The molecule has 1 saturated heterocycles. The summed E-state index contributed by atoms with van der Waals surface area (Å²) in [4.78, 5) is 0.342. The van der Waals surface area contributed by atoms with E-state index in [9.17, 15) is 8.42 Å². The maximum atomic E-state index is 12.3. The summed E-state index contributed by atoms with van der Waals surface area (Å²) in [5.74, 6) is 0. The van der Waals surface area contributed by atoms with Crippen molar-refractivity contribution in [3.63, 3.8) is 0 Å². The van der Waals surface area contributed by atoms with E-state index in [1.165, 1.54) is 4.31 Å². The average Bonchev–Trinajstić information content (AvgIpc) is 2.75. The minimum absolute atomic E-state index is 0.342. The molecule has 0 aliphatic carbocycles. The number of aryl methyl sites for hydroxylation is 1. The fourth-order valence-corrected chi connectivity index (χ4v) is 3.74. The predicted octanol–water partition coefficient (Wildman–Crippen LogP) is 1.36. The maximum absolute atomic E-state index is 12.3. The highest BCUT2D eigenvalue weighted by Gasteiger charge is 2.28. The molecule has 1 fully saturated rings. The van der Waals surface area contributed by atoms with Crippen LogP contribution in [0, 0.1) is 6.92 Å². The van der Waals surface area contributed by atoms with Crippen LogP contribution in [0.4, 0.5) is 5.69 Å². The Kier molecular flexibility index (Phi) is 2.90. The first-order valence-corrected chi connectivity index (χ1v) is 6.82. The van der Waals surface area contributed by atoms with Crippen LogP contribution in [0.25, 0.3) is 0 Å². The zero-order valence-electron chi connectivity index (χ0n) is 9.31. The number of anilines is 1. The van der Waals surface area contributed by atoms with Crippen molar-refractivity contribution in [3.8, 4) is 0 Å². The smallest absolute Gasteiger partial charge is 0.243 e. The van der Waals surface area contributed by atoms with E-state index < -0.39 is 10.0 Å². The van der Waals surface area contributed by atoms with Gasteiger partial charge in [-0.15, -0.1) is 0 Å². The molecule has 0 unspecified atom stereocenters. The normalized spacial score (nSPS) is 17.8. The van der Waals surface area contributed by atoms with Crippen LogP contribution in [0.5, 0.6) is 0 Å². The van der Waals surface area contributed by atoms with Crippen LogP contribution >= 0.6 is 0 Å². The van der Waals surface area contributed by atoms with Gasteiger partial charge >= 0.3 is 0 Å². The fourth-order valence-electron chi connectivity index (χ4n) is 1.96. The van der Waals surface area contributed by atoms with Gasteiger partial charge in [-0.25, -0.2) is 8.42 Å². The summed E-state index contributed by atoms with van der Waals surface area (Å²) in [5, 5.41) is 0. The standard InChI is InChI=1S/C11H16N2O2S/c1-9-4-5-10(12)8-11(9)16(14,15)13-6-2-3-7-13/h4-5,8H,2-3,6-7,12H2,1H3. The van der Waals surface area contributed by atoms with Crippen LogP contribution in [-0.4, -0.2) is 25.8 Å². The van der Waals surface area contributed by atoms with Crippen molar-refractivity contribution in [1.29, 1.82) is 0 Å². The van der Waals surface area contributed by atoms with E-state index in [1.807, 2.05) is 0 Å². The Labute approximate surface area is 96.1 Å². The Hall–Kier alpha value is -1.07. The van der Waals surface area contributed by atoms with Gasteiger partial charge in [0, 0.05) is 18.8 Å². The summed E-state index contributed by atoms with van der Waals surface area (Å²) in [5.41, 5.74) is 6.88. The molecule has 4 nitrogen and oxygen atoms in total. The third-order valence-electron chi connectivity index (χ3n) is 2.90. The highest BCUT2D eigenvalue weighted by atomic mass is 32.2. The lowest BCUT2D eigenvalue weighted by molar-refractivity contribution is 0.477. The lowest BCUT2D eigenvalue weighted by Gasteiger charge is -2.17. The molecule has 2 N–H and O–H groups in total. The van der Waals surface area contributed by atoms with Crippen LogP contribution in [-0.2, 0) is 10.0 Å². The van der Waals surface area contributed by atoms with Crippen LogP contribution in [0.3, 0.4) is 0 Å². The van der Waals surface area contributed by atoms with E-state index >= 15 is 0 Å². The number of nitrogens with two attached hydrogens (primary N) is 1. The topological polar surface area (TPSA) is 63.4 Å². The van der Waals surface area contributed by atoms with Gasteiger partial charge < -0.3 is 5.73 Å². The number of nitrogens with zero attached hydrogens (tertiary/aromatic N) is 1. The van der Waals surface area contributed by atoms with E-state index in [0.29, 0.717) is 23.7 Å². The van der Waals surface area contributed by atoms with Crippen LogP contribution in [0.1, 0.15) is 18.4 Å². The Bertz CT molecular complexity index is 491. The second kappa shape index (κ2) is 4.07. The van der Waals surface area contributed by atoms with E-state index in [1.54, 1.807) is 25.1 Å². The Morgan fingerprint density at radius 2 is 1.88 bits per heavy atom. The molecule has 1 heterocycles. The molecule has 1 aliphatic heterocycles. The van der Waals surface area contributed by atoms with Crippen LogP contribution < -0.4 is 5.73 Å². The van der Waals surface area contributed by atoms with E-state index in [0.717, 1.165) is 18.4 Å². The summed E-state index contributed by atoms with van der Waals surface area (Å²) in [6, 6.07) is 5.01. The maximum Gasteiger partial charge on any atom is 0.243 e. The zero-order valence-corrected chi connectivity index (χ0v) is 10.1. The molecule has 0 spiro atoms. The third-order valence-corrected chi connectivity index (χ3v) is 4.94. The highest BCUT2D eigenvalue weighted by Crippen LogP contribution is 2.25. The lowest BCUT2D eigenvalue weighted by atomic mass is 10.2. The van der Waals surface area contributed by atoms with Gasteiger partial charge in [0.25, 0.3) is 0 Å². The van der Waals surface area contributed by atoms with Crippen molar-refractivity contribution in [3.05, 3.63) is 23.8 Å². The van der Waals surface area contributed by atoms with Gasteiger partial charge in [0.15, 0.2) is 0 Å². The second-order valence-corrected chi connectivity index (χ2v) is 6.04. The molecule has 0 bridgehead atoms. The van der Waals surface area contributed by atoms with Gasteiger partial charge in [0.1, 0.15) is 0 Å². The number of sulfonamides is 1. The summed E-state index contributed by atoms with van der Waals surface area (Å²) in [6.45, 7) is 3.04. The van der Waals surface area contributed by atoms with Gasteiger partial charge in [-0.05, 0) is 37.5 Å². The van der Waals surface area contributed by atoms with E-state index in [2.05, 4.69) is 0 Å². The van der Waals surface area contributed by atoms with E-state index in [-0.39, 0.29) is 0 Å². The minimum Gasteiger partial charge on any atom is -0.399 e. The average molecular weight is 240 g/mol. The molecule has 88 valence electrons. The van der Waals surface area contributed by atoms with Crippen molar-refractivity contribution in [2.75, 3.05) is 18.8 Å². The molecule has 0 amide bonds. The molecule has 1 aromatic carbocycles. The molecule has 16 heavy (non-hydrogen) atoms. The fraction of sp³-hybridized carbons (Fsp3) is 0.455. The molecule has 0 aromatic heterocycles. The van der Waals surface area contributed by atoms with Gasteiger partial charge in [-0.2, -0.15) is 4.31 Å². The van der Waals surface area contributed by atoms with Gasteiger partial charge in [-0.3, -0.25) is 0 Å². The Balaban J connectivity index is 2.46. The largest absolute Gasteiger partial charge is 0.399 e. The molecule has 0 atom stereocenters. The molecular weight excluding hydrogens is 224 g/mol. The van der Waals surface area contributed by atoms with Gasteiger partial charge in [0.2, 0.25) is 10.0 Å². The van der Waals surface area contributed by atoms with Crippen molar-refractivity contribution >= 4 is 15.7 Å². The minimum atomic E-state index is -3.34. The first-order valence-electron chi connectivity index (χ1n) is 5.38. The van der Waals surface area contributed by atoms with Crippen molar-refractivity contribution < 1.29 is 8.42 Å². The van der Waals surface area contributed by atoms with Crippen molar-refractivity contribution in [2.24, 2.45) is 0 Å². The third kappa shape index (κ3) is 1.92. The highest BCUT2D eigenvalue weighted by molar-refractivity contribution is 7.89. The molecule has 2 rings (SSSR count). The van der Waals surface area contributed by atoms with Crippen LogP contribution in [0.15, 0.2) is 23.1 Å². The van der Waals surface area contributed by atoms with E-state index in [4.69, 9.17) is 5.73 Å². The molecule has 1 aromatic rings. The first kappa shape index (κ1) is 11.4. The summed E-state index contributed by atoms with van der Waals surface area (Å²) < 4.78 is 26.1. The van der Waals surface area contributed by atoms with Gasteiger partial charge in [0.05, 0.1) is 4.90 Å². The Morgan fingerprint density at radius 1 is 1.25 bits per heavy atom. The number of benzene rings is 1. The second-order valence-electron chi connectivity index (χ2n) is 4.14. The number of hydrogen-bond donors (Lipinski definition) is 1. The number of rotatable bonds is 2. The molecule has 0 saturated carbocycles. The summed E-state index contributed by atoms with van der Waals surface area (Å²) in [7, 11) is -3.34. The van der Waals surface area contributed by atoms with Crippen molar-refractivity contribution in [1.82, 2.24) is 4.31 Å². The summed E-state index contributed by atoms with van der Waals surface area (Å²) in [6.07, 6.45) is 1.89. The van der Waals surface area contributed by atoms with Crippen LogP contribution in [0.2, 0.25) is 0 Å². The Morgan fingerprint density at radius 3 is 2.50 bits per heavy atom. The number of hydrogen-bond acceptors (Lipinski definition) is 3. The monoisotopic (exact) mass is 240 g/mol. The van der Waals surface area contributed by atoms with Gasteiger partial charge in [-0.1, -0.05) is 6.07 Å². The quantitative estimate of drug-likeness (QED) is 0.794. The SMILES string of the molecule is Cc1ccc(N)cc1S(=O)(=O)N1CCCC1. The summed E-state index contributed by atoms with van der Waals surface area (Å²) >= 11 is 0. The number of nitrogen functional groups attached to an aromatic ring is 1. The molecule has 5 heteroatoms. The zero-order chi connectivity index (χ0) is 11.8. The lowest BCUT2D eigenvalue weighted by Crippen LogP contribution is -2.28. The van der Waals surface area contributed by atoms with Crippen molar-refractivity contribution in [2.45, 2.75) is 24.7 Å². The molecule has 1 aliphatic rings. The first-order chi connectivity index (χ1) is 7.51.